The molecule has 1 aromatic heterocycles. The molecule has 0 aromatic carbocycles. The number of nitrogens with two attached hydrogens (primary N) is 1. The number of nitrogens with one attached hydrogen (secondary N) is 1. The van der Waals surface area contributed by atoms with Crippen LogP contribution in [0.5, 0.6) is 0 Å². The van der Waals surface area contributed by atoms with Gasteiger partial charge in [-0.1, -0.05) is 6.92 Å². The van der Waals surface area contributed by atoms with Crippen molar-refractivity contribution in [2.24, 2.45) is 5.73 Å². The quantitative estimate of drug-likeness (QED) is 0.566. The molecule has 5 heteroatoms. The third-order valence-electron chi connectivity index (χ3n) is 1.99. The van der Waals surface area contributed by atoms with Crippen molar-refractivity contribution in [3.8, 4) is 0 Å². The van der Waals surface area contributed by atoms with Crippen LogP contribution in [0, 0.1) is 0 Å². The van der Waals surface area contributed by atoms with Gasteiger partial charge in [-0.05, 0) is 0 Å². The predicted molar refractivity (Wildman–Crippen MR) is 47.1 cm³/mol. The molecule has 0 saturated carbocycles. The molecule has 0 aliphatic carbocycles. The van der Waals surface area contributed by atoms with E-state index < -0.39 is 0 Å². The Morgan fingerprint density at radius 1 is 1.75 bits per heavy atom. The van der Waals surface area contributed by atoms with Crippen molar-refractivity contribution >= 4 is 11.8 Å². The van der Waals surface area contributed by atoms with Crippen molar-refractivity contribution in [2.45, 2.75) is 23.2 Å². The first kappa shape index (κ1) is 7.82. The van der Waals surface area contributed by atoms with Crippen molar-refractivity contribution in [3.05, 3.63) is 22.2 Å². The average Bonchev–Trinajstić information content (AvgIpc) is 2.29. The van der Waals surface area contributed by atoms with Crippen LogP contribution in [0.4, 0.5) is 0 Å². The van der Waals surface area contributed by atoms with Gasteiger partial charge in [-0.3, -0.25) is 4.79 Å². The molecule has 64 valence electrons. The Morgan fingerprint density at radius 2 is 2.50 bits per heavy atom. The first-order valence-electron chi connectivity index (χ1n) is 3.70. The summed E-state index contributed by atoms with van der Waals surface area (Å²) >= 11 is 1.56. The fraction of sp³-hybridized carbons (Fsp3) is 0.429. The van der Waals surface area contributed by atoms with Crippen LogP contribution in [-0.2, 0) is 0 Å². The average molecular weight is 183 g/mol. The molecule has 3 N–H and O–H groups in total. The van der Waals surface area contributed by atoms with Crippen LogP contribution < -0.4 is 11.3 Å². The third-order valence-corrected chi connectivity index (χ3v) is 3.20. The second kappa shape index (κ2) is 2.60. The lowest BCUT2D eigenvalue weighted by molar-refractivity contribution is 0.704. The van der Waals surface area contributed by atoms with E-state index in [1.165, 1.54) is 6.33 Å². The van der Waals surface area contributed by atoms with Gasteiger partial charge in [0.25, 0.3) is 5.56 Å². The lowest BCUT2D eigenvalue weighted by atomic mass is 10.1. The van der Waals surface area contributed by atoms with E-state index in [4.69, 9.17) is 5.73 Å². The number of H-pyrrole nitrogens is 1. The maximum atomic E-state index is 11.3. The topological polar surface area (TPSA) is 71.8 Å². The number of rotatable bonds is 0. The highest BCUT2D eigenvalue weighted by Gasteiger charge is 2.30. The van der Waals surface area contributed by atoms with Gasteiger partial charge < -0.3 is 10.7 Å². The summed E-state index contributed by atoms with van der Waals surface area (Å²) in [6.07, 6.45) is 1.42. The summed E-state index contributed by atoms with van der Waals surface area (Å²) in [5.74, 6) is 0. The van der Waals surface area contributed by atoms with E-state index in [0.29, 0.717) is 5.56 Å². The zero-order valence-electron chi connectivity index (χ0n) is 6.57. The van der Waals surface area contributed by atoms with Crippen LogP contribution in [0.25, 0.3) is 0 Å². The zero-order valence-corrected chi connectivity index (χ0v) is 7.39. The second-order valence-electron chi connectivity index (χ2n) is 2.80. The largest absolute Gasteiger partial charge is 0.323 e. The minimum absolute atomic E-state index is 0.107. The van der Waals surface area contributed by atoms with Crippen LogP contribution in [0.3, 0.4) is 0 Å². The summed E-state index contributed by atoms with van der Waals surface area (Å²) in [5.41, 5.74) is 6.34. The summed E-state index contributed by atoms with van der Waals surface area (Å²) in [5, 5.41) is 1.02. The smallest absolute Gasteiger partial charge is 0.256 e. The van der Waals surface area contributed by atoms with E-state index in [-0.39, 0.29) is 16.9 Å². The molecule has 0 spiro atoms. The fourth-order valence-electron chi connectivity index (χ4n) is 1.27. The van der Waals surface area contributed by atoms with Crippen molar-refractivity contribution in [3.63, 3.8) is 0 Å². The Bertz CT molecular complexity index is 362. The number of aromatic nitrogens is 2. The maximum absolute atomic E-state index is 11.3. The molecule has 2 heterocycles. The van der Waals surface area contributed by atoms with Crippen LogP contribution in [0.2, 0.25) is 0 Å². The summed E-state index contributed by atoms with van der Waals surface area (Å²) in [7, 11) is 0. The van der Waals surface area contributed by atoms with E-state index in [1.54, 1.807) is 11.8 Å². The van der Waals surface area contributed by atoms with Gasteiger partial charge in [0.15, 0.2) is 0 Å². The summed E-state index contributed by atoms with van der Waals surface area (Å²) in [6.45, 7) is 2.00. The molecule has 0 bridgehead atoms. The Morgan fingerprint density at radius 3 is 3.17 bits per heavy atom. The number of aromatic amines is 1. The molecule has 0 unspecified atom stereocenters. The number of hydrogen-bond acceptors (Lipinski definition) is 4. The summed E-state index contributed by atoms with van der Waals surface area (Å²) in [4.78, 5) is 17.8. The number of fused-ring (bicyclic) bond motifs is 1. The molecule has 1 aromatic rings. The molecule has 0 amide bonds. The number of nitrogens with zero attached hydrogens (tertiary/aromatic N) is 1. The highest BCUT2D eigenvalue weighted by Crippen LogP contribution is 2.38. The van der Waals surface area contributed by atoms with Crippen LogP contribution >= 0.6 is 11.8 Å². The lowest BCUT2D eigenvalue weighted by Crippen LogP contribution is -2.24. The molecule has 12 heavy (non-hydrogen) atoms. The first-order chi connectivity index (χ1) is 5.70. The highest BCUT2D eigenvalue weighted by molar-refractivity contribution is 8.00. The van der Waals surface area contributed by atoms with Crippen molar-refractivity contribution in [2.75, 3.05) is 0 Å². The van der Waals surface area contributed by atoms with Gasteiger partial charge in [-0.2, -0.15) is 0 Å². The Hall–Kier alpha value is -0.810. The zero-order chi connectivity index (χ0) is 8.72. The van der Waals surface area contributed by atoms with Gasteiger partial charge in [0.2, 0.25) is 0 Å². The summed E-state index contributed by atoms with van der Waals surface area (Å²) < 4.78 is 0. The normalized spacial score (nSPS) is 27.2. The minimum atomic E-state index is -0.178. The van der Waals surface area contributed by atoms with E-state index in [2.05, 4.69) is 9.97 Å². The van der Waals surface area contributed by atoms with E-state index in [9.17, 15) is 4.79 Å². The molecule has 4 nitrogen and oxygen atoms in total. The molecular weight excluding hydrogens is 174 g/mol. The van der Waals surface area contributed by atoms with Crippen molar-refractivity contribution < 1.29 is 0 Å². The van der Waals surface area contributed by atoms with E-state index in [0.717, 1.165) is 5.03 Å². The second-order valence-corrected chi connectivity index (χ2v) is 4.17. The van der Waals surface area contributed by atoms with Gasteiger partial charge in [0.05, 0.1) is 11.9 Å². The Kier molecular flexibility index (Phi) is 1.69. The number of hydrogen-bond donors (Lipinski definition) is 2. The van der Waals surface area contributed by atoms with Gasteiger partial charge in [0, 0.05) is 11.3 Å². The monoisotopic (exact) mass is 183 g/mol. The van der Waals surface area contributed by atoms with E-state index in [1.807, 2.05) is 6.92 Å². The highest BCUT2D eigenvalue weighted by atomic mass is 32.2. The fourth-order valence-corrected chi connectivity index (χ4v) is 2.37. The first-order valence-corrected chi connectivity index (χ1v) is 4.58. The maximum Gasteiger partial charge on any atom is 0.256 e. The van der Waals surface area contributed by atoms with Crippen LogP contribution in [0.15, 0.2) is 16.1 Å². The molecule has 2 atom stereocenters. The molecule has 2 rings (SSSR count). The molecular formula is C7H9N3OS. The summed E-state index contributed by atoms with van der Waals surface area (Å²) in [6, 6.07) is -0.178. The van der Waals surface area contributed by atoms with Gasteiger partial charge >= 0.3 is 0 Å². The van der Waals surface area contributed by atoms with Crippen molar-refractivity contribution in [1.29, 1.82) is 0 Å². The Labute approximate surface area is 73.6 Å². The lowest BCUT2D eigenvalue weighted by Gasteiger charge is -2.05. The third kappa shape index (κ3) is 0.971. The van der Waals surface area contributed by atoms with Crippen LogP contribution in [-0.4, -0.2) is 15.2 Å². The molecule has 0 fully saturated rings. The number of thioether (sulfide) groups is 1. The van der Waals surface area contributed by atoms with Gasteiger partial charge in [-0.15, -0.1) is 11.8 Å². The molecule has 1 aliphatic rings. The van der Waals surface area contributed by atoms with E-state index >= 15 is 0 Å². The van der Waals surface area contributed by atoms with Crippen LogP contribution in [0.1, 0.15) is 18.5 Å². The minimum Gasteiger partial charge on any atom is -0.323 e. The Balaban J connectivity index is 2.62. The SMILES string of the molecule is C[C@@H]1Sc2nc[nH]c(=O)c2[C@@H]1N. The predicted octanol–water partition coefficient (Wildman–Crippen LogP) is 0.264. The van der Waals surface area contributed by atoms with Gasteiger partial charge in [0.1, 0.15) is 5.03 Å². The van der Waals surface area contributed by atoms with Crippen molar-refractivity contribution in [1.82, 2.24) is 9.97 Å². The standard InChI is InChI=1S/C7H9N3OS/c1-3-5(8)4-6(11)9-2-10-7(4)12-3/h2-3,5H,8H2,1H3,(H,9,10,11)/t3-,5+/m0/s1. The molecule has 1 aliphatic heterocycles. The molecule has 0 saturated heterocycles. The molecule has 0 radical (unpaired) electrons. The van der Waals surface area contributed by atoms with Gasteiger partial charge in [-0.25, -0.2) is 4.98 Å².